The second-order valence-corrected chi connectivity index (χ2v) is 8.42. The predicted molar refractivity (Wildman–Crippen MR) is 118 cm³/mol. The van der Waals surface area contributed by atoms with Gasteiger partial charge in [0.25, 0.3) is 5.91 Å². The maximum atomic E-state index is 12.7. The summed E-state index contributed by atoms with van der Waals surface area (Å²) in [5.41, 5.74) is 0.984. The van der Waals surface area contributed by atoms with Gasteiger partial charge in [-0.3, -0.25) is 4.79 Å². The SMILES string of the molecule is COc1ccc(OCC2(C)COc3ccc(C(=O)NCC4CCOCC4)cc3N2)cc1. The minimum Gasteiger partial charge on any atom is -0.497 e. The van der Waals surface area contributed by atoms with Crippen molar-refractivity contribution in [1.29, 1.82) is 0 Å². The van der Waals surface area contributed by atoms with E-state index in [0.29, 0.717) is 31.2 Å². The van der Waals surface area contributed by atoms with Gasteiger partial charge in [-0.1, -0.05) is 0 Å². The highest BCUT2D eigenvalue weighted by atomic mass is 16.5. The summed E-state index contributed by atoms with van der Waals surface area (Å²) >= 11 is 0. The molecule has 166 valence electrons. The van der Waals surface area contributed by atoms with Gasteiger partial charge in [0.2, 0.25) is 0 Å². The van der Waals surface area contributed by atoms with Crippen molar-refractivity contribution in [2.24, 2.45) is 5.92 Å². The standard InChI is InChI=1S/C24H30N2O5/c1-24(15-30-20-6-4-19(28-2)5-7-20)16-31-22-8-3-18(13-21(22)26-24)23(27)25-14-17-9-11-29-12-10-17/h3-8,13,17,26H,9-12,14-16H2,1-2H3,(H,25,27). The van der Waals surface area contributed by atoms with E-state index in [4.69, 9.17) is 18.9 Å². The quantitative estimate of drug-likeness (QED) is 0.706. The van der Waals surface area contributed by atoms with E-state index in [1.807, 2.05) is 43.3 Å². The fourth-order valence-corrected chi connectivity index (χ4v) is 3.77. The van der Waals surface area contributed by atoms with E-state index in [2.05, 4.69) is 10.6 Å². The Balaban J connectivity index is 1.36. The highest BCUT2D eigenvalue weighted by Crippen LogP contribution is 2.34. The average Bonchev–Trinajstić information content (AvgIpc) is 2.82. The van der Waals surface area contributed by atoms with Crippen molar-refractivity contribution in [3.63, 3.8) is 0 Å². The average molecular weight is 427 g/mol. The fraction of sp³-hybridized carbons (Fsp3) is 0.458. The van der Waals surface area contributed by atoms with Gasteiger partial charge in [0.1, 0.15) is 36.0 Å². The van der Waals surface area contributed by atoms with E-state index in [0.717, 1.165) is 49.0 Å². The molecular weight excluding hydrogens is 396 g/mol. The minimum absolute atomic E-state index is 0.0714. The highest BCUT2D eigenvalue weighted by molar-refractivity contribution is 5.95. The van der Waals surface area contributed by atoms with E-state index in [1.165, 1.54) is 0 Å². The van der Waals surface area contributed by atoms with Crippen LogP contribution in [0.15, 0.2) is 42.5 Å². The normalized spacial score (nSPS) is 20.7. The van der Waals surface area contributed by atoms with E-state index in [9.17, 15) is 4.79 Å². The summed E-state index contributed by atoms with van der Waals surface area (Å²) in [7, 11) is 1.64. The van der Waals surface area contributed by atoms with Crippen LogP contribution in [0.5, 0.6) is 17.2 Å². The third-order valence-corrected chi connectivity index (χ3v) is 5.73. The zero-order valence-corrected chi connectivity index (χ0v) is 18.1. The van der Waals surface area contributed by atoms with Gasteiger partial charge in [-0.2, -0.15) is 0 Å². The van der Waals surface area contributed by atoms with Gasteiger partial charge in [0, 0.05) is 25.3 Å². The smallest absolute Gasteiger partial charge is 0.251 e. The van der Waals surface area contributed by atoms with Crippen LogP contribution in [0.2, 0.25) is 0 Å². The fourth-order valence-electron chi connectivity index (χ4n) is 3.77. The second kappa shape index (κ2) is 9.47. The number of hydrogen-bond acceptors (Lipinski definition) is 6. The zero-order chi connectivity index (χ0) is 21.7. The summed E-state index contributed by atoms with van der Waals surface area (Å²) in [5, 5.41) is 6.55. The summed E-state index contributed by atoms with van der Waals surface area (Å²) < 4.78 is 22.5. The van der Waals surface area contributed by atoms with Gasteiger partial charge in [0.15, 0.2) is 0 Å². The number of hydrogen-bond donors (Lipinski definition) is 2. The molecule has 1 unspecified atom stereocenters. The Bertz CT molecular complexity index is 895. The molecule has 1 fully saturated rings. The molecule has 31 heavy (non-hydrogen) atoms. The number of benzene rings is 2. The predicted octanol–water partition coefficient (Wildman–Crippen LogP) is 3.49. The van der Waals surface area contributed by atoms with Crippen molar-refractivity contribution >= 4 is 11.6 Å². The van der Waals surface area contributed by atoms with Gasteiger partial charge in [0.05, 0.1) is 12.8 Å². The molecule has 0 aliphatic carbocycles. The van der Waals surface area contributed by atoms with Gasteiger partial charge in [-0.25, -0.2) is 0 Å². The Labute approximate surface area is 183 Å². The third-order valence-electron chi connectivity index (χ3n) is 5.73. The number of methoxy groups -OCH3 is 1. The Morgan fingerprint density at radius 1 is 1.16 bits per heavy atom. The zero-order valence-electron chi connectivity index (χ0n) is 18.1. The first-order valence-electron chi connectivity index (χ1n) is 10.7. The number of fused-ring (bicyclic) bond motifs is 1. The number of carbonyl (C=O) groups excluding carboxylic acids is 1. The molecule has 1 saturated heterocycles. The lowest BCUT2D eigenvalue weighted by atomic mass is 10.00. The van der Waals surface area contributed by atoms with Crippen molar-refractivity contribution < 1.29 is 23.7 Å². The lowest BCUT2D eigenvalue weighted by Gasteiger charge is -2.36. The van der Waals surface area contributed by atoms with Crippen LogP contribution in [-0.2, 0) is 4.74 Å². The number of anilines is 1. The second-order valence-electron chi connectivity index (χ2n) is 8.42. The summed E-state index contributed by atoms with van der Waals surface area (Å²) in [6, 6.07) is 13.0. The first-order valence-corrected chi connectivity index (χ1v) is 10.7. The summed E-state index contributed by atoms with van der Waals surface area (Å²) in [4.78, 5) is 12.7. The summed E-state index contributed by atoms with van der Waals surface area (Å²) in [6.45, 7) is 5.15. The molecule has 7 heteroatoms. The molecule has 2 aliphatic heterocycles. The molecule has 1 atom stereocenters. The van der Waals surface area contributed by atoms with Crippen molar-refractivity contribution in [3.05, 3.63) is 48.0 Å². The van der Waals surface area contributed by atoms with Crippen LogP contribution < -0.4 is 24.8 Å². The highest BCUT2D eigenvalue weighted by Gasteiger charge is 2.32. The van der Waals surface area contributed by atoms with Crippen molar-refractivity contribution in [3.8, 4) is 17.2 Å². The number of ether oxygens (including phenoxy) is 4. The Morgan fingerprint density at radius 2 is 1.90 bits per heavy atom. The van der Waals surface area contributed by atoms with E-state index < -0.39 is 5.54 Å². The summed E-state index contributed by atoms with van der Waals surface area (Å²) in [6.07, 6.45) is 1.98. The number of rotatable bonds is 7. The monoisotopic (exact) mass is 426 g/mol. The first kappa shape index (κ1) is 21.3. The molecule has 0 bridgehead atoms. The first-order chi connectivity index (χ1) is 15.0. The van der Waals surface area contributed by atoms with Crippen molar-refractivity contribution in [1.82, 2.24) is 5.32 Å². The van der Waals surface area contributed by atoms with Gasteiger partial charge in [-0.05, 0) is 68.1 Å². The van der Waals surface area contributed by atoms with E-state index in [-0.39, 0.29) is 5.91 Å². The molecule has 2 heterocycles. The minimum atomic E-state index is -0.426. The van der Waals surface area contributed by atoms with Crippen LogP contribution in [0.4, 0.5) is 5.69 Å². The van der Waals surface area contributed by atoms with Crippen LogP contribution in [0, 0.1) is 5.92 Å². The largest absolute Gasteiger partial charge is 0.497 e. The molecular formula is C24H30N2O5. The van der Waals surface area contributed by atoms with E-state index >= 15 is 0 Å². The van der Waals surface area contributed by atoms with Gasteiger partial charge < -0.3 is 29.6 Å². The van der Waals surface area contributed by atoms with Gasteiger partial charge >= 0.3 is 0 Å². The number of nitrogens with one attached hydrogen (secondary N) is 2. The molecule has 0 spiro atoms. The number of amides is 1. The molecule has 2 aromatic rings. The maximum absolute atomic E-state index is 12.7. The molecule has 2 N–H and O–H groups in total. The lowest BCUT2D eigenvalue weighted by molar-refractivity contribution is 0.0642. The van der Waals surface area contributed by atoms with Crippen LogP contribution in [-0.4, -0.2) is 51.5 Å². The molecule has 7 nitrogen and oxygen atoms in total. The van der Waals surface area contributed by atoms with Crippen LogP contribution in [0.1, 0.15) is 30.1 Å². The van der Waals surface area contributed by atoms with Crippen molar-refractivity contribution in [2.75, 3.05) is 45.4 Å². The van der Waals surface area contributed by atoms with Crippen LogP contribution in [0.3, 0.4) is 0 Å². The molecule has 0 saturated carbocycles. The van der Waals surface area contributed by atoms with Gasteiger partial charge in [-0.15, -0.1) is 0 Å². The van der Waals surface area contributed by atoms with E-state index in [1.54, 1.807) is 13.2 Å². The lowest BCUT2D eigenvalue weighted by Crippen LogP contribution is -2.48. The Morgan fingerprint density at radius 3 is 2.65 bits per heavy atom. The Hall–Kier alpha value is -2.93. The molecule has 2 aliphatic rings. The molecule has 0 aromatic heterocycles. The van der Waals surface area contributed by atoms with Crippen LogP contribution >= 0.6 is 0 Å². The maximum Gasteiger partial charge on any atom is 0.251 e. The van der Waals surface area contributed by atoms with Crippen molar-refractivity contribution in [2.45, 2.75) is 25.3 Å². The van der Waals surface area contributed by atoms with Crippen LogP contribution in [0.25, 0.3) is 0 Å². The third kappa shape index (κ3) is 5.41. The Kier molecular flexibility index (Phi) is 6.51. The summed E-state index contributed by atoms with van der Waals surface area (Å²) in [5.74, 6) is 2.70. The molecule has 4 rings (SSSR count). The molecule has 1 amide bonds. The number of carbonyl (C=O) groups is 1. The topological polar surface area (TPSA) is 78.1 Å². The molecule has 0 radical (unpaired) electrons. The molecule has 2 aromatic carbocycles.